The predicted molar refractivity (Wildman–Crippen MR) is 93.0 cm³/mol. The van der Waals surface area contributed by atoms with Gasteiger partial charge in [0, 0.05) is 38.3 Å². The van der Waals surface area contributed by atoms with Crippen LogP contribution in [-0.2, 0) is 21.3 Å². The minimum Gasteiger partial charge on any atom is -0.372 e. The monoisotopic (exact) mass is 368 g/mol. The summed E-state index contributed by atoms with van der Waals surface area (Å²) in [6.45, 7) is 3.40. The van der Waals surface area contributed by atoms with E-state index in [1.54, 1.807) is 6.07 Å². The van der Waals surface area contributed by atoms with Crippen molar-refractivity contribution in [1.29, 1.82) is 0 Å². The molecule has 0 bridgehead atoms. The van der Waals surface area contributed by atoms with Gasteiger partial charge < -0.3 is 4.74 Å². The van der Waals surface area contributed by atoms with Crippen molar-refractivity contribution >= 4 is 10.0 Å². The van der Waals surface area contributed by atoms with Gasteiger partial charge >= 0.3 is 0 Å². The number of rotatable bonds is 7. The van der Waals surface area contributed by atoms with Crippen LogP contribution >= 0.6 is 0 Å². The molecule has 138 valence electrons. The molecule has 2 heterocycles. The molecule has 2 aliphatic heterocycles. The summed E-state index contributed by atoms with van der Waals surface area (Å²) in [6.07, 6.45) is 3.35. The molecule has 1 aromatic carbocycles. The van der Waals surface area contributed by atoms with Crippen LogP contribution in [0.25, 0.3) is 0 Å². The van der Waals surface area contributed by atoms with Gasteiger partial charge in [-0.15, -0.1) is 0 Å². The van der Waals surface area contributed by atoms with E-state index in [2.05, 4.69) is 9.62 Å². The summed E-state index contributed by atoms with van der Waals surface area (Å²) in [7, 11) is -3.10. The second kappa shape index (κ2) is 6.61. The SMILES string of the molecule is O=S(=O)(NCCC1CCOC12CN(Cc1ccccc1F)C2)C1CC1. The molecule has 1 unspecified atom stereocenters. The Bertz CT molecular complexity index is 730. The average molecular weight is 368 g/mol. The molecule has 0 radical (unpaired) electrons. The molecule has 1 aliphatic carbocycles. The number of nitrogens with one attached hydrogen (secondary N) is 1. The van der Waals surface area contributed by atoms with Gasteiger partial charge in [-0.1, -0.05) is 18.2 Å². The largest absolute Gasteiger partial charge is 0.372 e. The summed E-state index contributed by atoms with van der Waals surface area (Å²) in [5.74, 6) is 0.202. The normalized spacial score (nSPS) is 26.0. The van der Waals surface area contributed by atoms with E-state index in [0.29, 0.717) is 24.6 Å². The number of benzene rings is 1. The van der Waals surface area contributed by atoms with Crippen molar-refractivity contribution in [1.82, 2.24) is 9.62 Å². The maximum absolute atomic E-state index is 13.8. The number of nitrogens with zero attached hydrogens (tertiary/aromatic N) is 1. The fourth-order valence-electron chi connectivity index (χ4n) is 4.10. The average Bonchev–Trinajstić information content (AvgIpc) is 3.32. The highest BCUT2D eigenvalue weighted by molar-refractivity contribution is 7.90. The van der Waals surface area contributed by atoms with Gasteiger partial charge in [0.2, 0.25) is 10.0 Å². The third-order valence-corrected chi connectivity index (χ3v) is 7.65. The maximum atomic E-state index is 13.8. The van der Waals surface area contributed by atoms with Crippen LogP contribution in [0.4, 0.5) is 4.39 Å². The van der Waals surface area contributed by atoms with Crippen LogP contribution in [0.1, 0.15) is 31.2 Å². The number of halogens is 1. The molecule has 1 atom stereocenters. The van der Waals surface area contributed by atoms with Gasteiger partial charge in [-0.25, -0.2) is 17.5 Å². The lowest BCUT2D eigenvalue weighted by Gasteiger charge is -2.50. The van der Waals surface area contributed by atoms with Crippen LogP contribution in [0.3, 0.4) is 0 Å². The Kier molecular flexibility index (Phi) is 4.60. The number of ether oxygens (including phenoxy) is 1. The zero-order chi connectivity index (χ0) is 17.5. The first-order chi connectivity index (χ1) is 12.0. The van der Waals surface area contributed by atoms with Crippen molar-refractivity contribution in [2.24, 2.45) is 5.92 Å². The Balaban J connectivity index is 1.28. The Morgan fingerprint density at radius 1 is 1.24 bits per heavy atom. The highest BCUT2D eigenvalue weighted by Gasteiger charge is 2.52. The van der Waals surface area contributed by atoms with Crippen molar-refractivity contribution in [3.8, 4) is 0 Å². The summed E-state index contributed by atoms with van der Waals surface area (Å²) in [5, 5.41) is -0.166. The van der Waals surface area contributed by atoms with E-state index >= 15 is 0 Å². The minimum atomic E-state index is -3.10. The molecule has 4 rings (SSSR count). The Labute approximate surface area is 148 Å². The van der Waals surface area contributed by atoms with Gasteiger partial charge in [-0.3, -0.25) is 4.90 Å². The molecular weight excluding hydrogens is 343 g/mol. The lowest BCUT2D eigenvalue weighted by atomic mass is 9.79. The van der Waals surface area contributed by atoms with E-state index in [0.717, 1.165) is 45.4 Å². The molecular formula is C18H25FN2O3S. The van der Waals surface area contributed by atoms with Crippen LogP contribution in [0.5, 0.6) is 0 Å². The molecule has 0 aromatic heterocycles. The van der Waals surface area contributed by atoms with Crippen LogP contribution in [0, 0.1) is 11.7 Å². The topological polar surface area (TPSA) is 58.6 Å². The van der Waals surface area contributed by atoms with Crippen molar-refractivity contribution in [2.75, 3.05) is 26.2 Å². The zero-order valence-electron chi connectivity index (χ0n) is 14.3. The summed E-state index contributed by atoms with van der Waals surface area (Å²) in [5.41, 5.74) is 0.542. The molecule has 1 aromatic rings. The van der Waals surface area contributed by atoms with Gasteiger partial charge in [0.1, 0.15) is 5.82 Å². The Morgan fingerprint density at radius 2 is 2.00 bits per heavy atom. The summed E-state index contributed by atoms with van der Waals surface area (Å²) >= 11 is 0. The Morgan fingerprint density at radius 3 is 2.72 bits per heavy atom. The third kappa shape index (κ3) is 3.60. The fourth-order valence-corrected chi connectivity index (χ4v) is 5.50. The third-order valence-electron chi connectivity index (χ3n) is 5.69. The van der Waals surface area contributed by atoms with Crippen LogP contribution in [0.2, 0.25) is 0 Å². The van der Waals surface area contributed by atoms with Crippen molar-refractivity contribution in [3.63, 3.8) is 0 Å². The first kappa shape index (κ1) is 17.4. The maximum Gasteiger partial charge on any atom is 0.214 e. The lowest BCUT2D eigenvalue weighted by Crippen LogP contribution is -2.64. The minimum absolute atomic E-state index is 0.165. The van der Waals surface area contributed by atoms with Gasteiger partial charge in [0.15, 0.2) is 0 Å². The molecule has 1 saturated carbocycles. The molecule has 3 fully saturated rings. The molecule has 7 heteroatoms. The molecule has 1 spiro atoms. The van der Waals surface area contributed by atoms with E-state index < -0.39 is 10.0 Å². The van der Waals surface area contributed by atoms with Crippen LogP contribution in [0.15, 0.2) is 24.3 Å². The summed E-state index contributed by atoms with van der Waals surface area (Å²) < 4.78 is 46.4. The molecule has 0 amide bonds. The Hall–Kier alpha value is -1.02. The van der Waals surface area contributed by atoms with Gasteiger partial charge in [-0.2, -0.15) is 0 Å². The predicted octanol–water partition coefficient (Wildman–Crippen LogP) is 1.89. The molecule has 1 N–H and O–H groups in total. The number of likely N-dealkylation sites (tertiary alicyclic amines) is 1. The zero-order valence-corrected chi connectivity index (χ0v) is 15.1. The van der Waals surface area contributed by atoms with Gasteiger partial charge in [0.25, 0.3) is 0 Å². The second-order valence-corrected chi connectivity index (χ2v) is 9.61. The second-order valence-electron chi connectivity index (χ2n) is 7.56. The van der Waals surface area contributed by atoms with Crippen molar-refractivity contribution in [3.05, 3.63) is 35.6 Å². The lowest BCUT2D eigenvalue weighted by molar-refractivity contribution is -0.136. The van der Waals surface area contributed by atoms with Gasteiger partial charge in [-0.05, 0) is 37.7 Å². The smallest absolute Gasteiger partial charge is 0.214 e. The standard InChI is InChI=1S/C18H25FN2O3S/c19-17-4-2-1-3-14(17)11-21-12-18(13-21)15(8-10-24-18)7-9-20-25(22,23)16-5-6-16/h1-4,15-16,20H,5-13H2. The number of hydrogen-bond donors (Lipinski definition) is 1. The van der Waals surface area contributed by atoms with Crippen LogP contribution < -0.4 is 4.72 Å². The van der Waals surface area contributed by atoms with Crippen molar-refractivity contribution < 1.29 is 17.5 Å². The highest BCUT2D eigenvalue weighted by Crippen LogP contribution is 2.42. The van der Waals surface area contributed by atoms with Gasteiger partial charge in [0.05, 0.1) is 10.9 Å². The van der Waals surface area contributed by atoms with E-state index in [-0.39, 0.29) is 16.7 Å². The molecule has 2 saturated heterocycles. The number of hydrogen-bond acceptors (Lipinski definition) is 4. The van der Waals surface area contributed by atoms with E-state index in [4.69, 9.17) is 4.74 Å². The number of sulfonamides is 1. The molecule has 3 aliphatic rings. The fraction of sp³-hybridized carbons (Fsp3) is 0.667. The summed E-state index contributed by atoms with van der Waals surface area (Å²) in [6, 6.07) is 6.87. The quantitative estimate of drug-likeness (QED) is 0.799. The van der Waals surface area contributed by atoms with E-state index in [1.165, 1.54) is 6.07 Å². The molecule has 25 heavy (non-hydrogen) atoms. The first-order valence-electron chi connectivity index (χ1n) is 9.07. The van der Waals surface area contributed by atoms with Crippen molar-refractivity contribution in [2.45, 2.75) is 43.1 Å². The highest BCUT2D eigenvalue weighted by atomic mass is 32.2. The summed E-state index contributed by atoms with van der Waals surface area (Å²) in [4.78, 5) is 2.20. The van der Waals surface area contributed by atoms with Crippen LogP contribution in [-0.4, -0.2) is 50.4 Å². The molecule has 5 nitrogen and oxygen atoms in total. The van der Waals surface area contributed by atoms with E-state index in [1.807, 2.05) is 12.1 Å². The first-order valence-corrected chi connectivity index (χ1v) is 10.6. The van der Waals surface area contributed by atoms with E-state index in [9.17, 15) is 12.8 Å².